The van der Waals surface area contributed by atoms with Gasteiger partial charge in [0.1, 0.15) is 0 Å². The van der Waals surface area contributed by atoms with Gasteiger partial charge in [-0.05, 0) is 12.5 Å². The van der Waals surface area contributed by atoms with Gasteiger partial charge in [0.15, 0.2) is 11.5 Å². The van der Waals surface area contributed by atoms with Crippen molar-refractivity contribution in [2.24, 2.45) is 5.41 Å². The van der Waals surface area contributed by atoms with Crippen molar-refractivity contribution in [3.63, 3.8) is 0 Å². The van der Waals surface area contributed by atoms with E-state index < -0.39 is 0 Å². The number of aromatic hydroxyl groups is 2. The van der Waals surface area contributed by atoms with Gasteiger partial charge in [-0.3, -0.25) is 0 Å². The average Bonchev–Trinajstić information content (AvgIpc) is 2.33. The van der Waals surface area contributed by atoms with Gasteiger partial charge in [-0.2, -0.15) is 0 Å². The summed E-state index contributed by atoms with van der Waals surface area (Å²) in [6.45, 7) is 4.89. The molecule has 4 nitrogen and oxygen atoms in total. The highest BCUT2D eigenvalue weighted by Crippen LogP contribution is 2.42. The summed E-state index contributed by atoms with van der Waals surface area (Å²) in [4.78, 5) is 0. The molecule has 1 aliphatic carbocycles. The summed E-state index contributed by atoms with van der Waals surface area (Å²) in [5, 5.41) is 22.5. The first kappa shape index (κ1) is 13.2. The first-order valence-electron chi connectivity index (χ1n) is 6.22. The molecule has 0 radical (unpaired) electrons. The summed E-state index contributed by atoms with van der Waals surface area (Å²) in [5.74, 6) is -0.109. The first-order valence-corrected chi connectivity index (χ1v) is 6.22. The van der Waals surface area contributed by atoms with Crippen LogP contribution in [0.15, 0.2) is 18.2 Å². The first-order chi connectivity index (χ1) is 8.46. The Labute approximate surface area is 108 Å². The second kappa shape index (κ2) is 4.78. The molecule has 1 aliphatic rings. The van der Waals surface area contributed by atoms with Crippen molar-refractivity contribution < 1.29 is 14.9 Å². The van der Waals surface area contributed by atoms with Crippen LogP contribution in [0.1, 0.15) is 25.8 Å². The predicted octanol–water partition coefficient (Wildman–Crippen LogP) is 2.00. The lowest BCUT2D eigenvalue weighted by Gasteiger charge is -2.51. The number of para-hydroxylation sites is 1. The standard InChI is InChI=1S/C14H21NO3/c1-14(2)11(7-12(14)18-3)15-8-9-5-4-6-10(16)13(9)17/h4-6,11-12,15-17H,7-8H2,1-3H3. The van der Waals surface area contributed by atoms with Crippen molar-refractivity contribution in [3.05, 3.63) is 23.8 Å². The van der Waals surface area contributed by atoms with Crippen LogP contribution in [0.5, 0.6) is 11.5 Å². The molecule has 1 aromatic carbocycles. The molecule has 0 aromatic heterocycles. The van der Waals surface area contributed by atoms with Crippen molar-refractivity contribution in [2.45, 2.75) is 39.0 Å². The zero-order valence-corrected chi connectivity index (χ0v) is 11.1. The van der Waals surface area contributed by atoms with E-state index in [-0.39, 0.29) is 23.0 Å². The maximum absolute atomic E-state index is 9.71. The molecule has 2 rings (SSSR count). The molecule has 0 amide bonds. The Morgan fingerprint density at radius 2 is 2.11 bits per heavy atom. The molecule has 1 fully saturated rings. The fraction of sp³-hybridized carbons (Fsp3) is 0.571. The number of rotatable bonds is 4. The number of benzene rings is 1. The van der Waals surface area contributed by atoms with Gasteiger partial charge in [0.2, 0.25) is 0 Å². The van der Waals surface area contributed by atoms with Gasteiger partial charge in [-0.1, -0.05) is 26.0 Å². The van der Waals surface area contributed by atoms with Crippen LogP contribution in [0.4, 0.5) is 0 Å². The van der Waals surface area contributed by atoms with Gasteiger partial charge in [0, 0.05) is 30.7 Å². The lowest BCUT2D eigenvalue weighted by molar-refractivity contribution is -0.0979. The highest BCUT2D eigenvalue weighted by Gasteiger charge is 2.48. The summed E-state index contributed by atoms with van der Waals surface area (Å²) in [6.07, 6.45) is 1.26. The van der Waals surface area contributed by atoms with Crippen LogP contribution in [-0.2, 0) is 11.3 Å². The molecule has 3 N–H and O–H groups in total. The van der Waals surface area contributed by atoms with E-state index >= 15 is 0 Å². The minimum Gasteiger partial charge on any atom is -0.504 e. The second-order valence-electron chi connectivity index (χ2n) is 5.50. The Kier molecular flexibility index (Phi) is 3.50. The monoisotopic (exact) mass is 251 g/mol. The van der Waals surface area contributed by atoms with Crippen molar-refractivity contribution >= 4 is 0 Å². The van der Waals surface area contributed by atoms with Crippen LogP contribution in [0.3, 0.4) is 0 Å². The summed E-state index contributed by atoms with van der Waals surface area (Å²) in [6, 6.07) is 5.38. The fourth-order valence-corrected chi connectivity index (χ4v) is 2.59. The SMILES string of the molecule is COC1CC(NCc2cccc(O)c2O)C1(C)C. The third-order valence-electron chi connectivity index (χ3n) is 4.10. The molecule has 1 saturated carbocycles. The molecule has 2 atom stereocenters. The number of hydrogen-bond donors (Lipinski definition) is 3. The molecule has 0 saturated heterocycles. The Balaban J connectivity index is 1.95. The van der Waals surface area contributed by atoms with Crippen molar-refractivity contribution in [3.8, 4) is 11.5 Å². The molecular formula is C14H21NO3. The van der Waals surface area contributed by atoms with Crippen LogP contribution in [0.2, 0.25) is 0 Å². The third kappa shape index (κ3) is 2.18. The molecule has 100 valence electrons. The molecule has 0 bridgehead atoms. The van der Waals surface area contributed by atoms with E-state index in [1.165, 1.54) is 6.07 Å². The summed E-state index contributed by atoms with van der Waals surface area (Å²) in [7, 11) is 1.74. The van der Waals surface area contributed by atoms with Crippen molar-refractivity contribution in [1.82, 2.24) is 5.32 Å². The van der Waals surface area contributed by atoms with Gasteiger partial charge in [0.25, 0.3) is 0 Å². The third-order valence-corrected chi connectivity index (χ3v) is 4.10. The molecule has 2 unspecified atom stereocenters. The summed E-state index contributed by atoms with van der Waals surface area (Å²) >= 11 is 0. The minimum atomic E-state index is -0.0723. The minimum absolute atomic E-state index is 0.0366. The van der Waals surface area contributed by atoms with Crippen LogP contribution >= 0.6 is 0 Å². The van der Waals surface area contributed by atoms with E-state index in [4.69, 9.17) is 4.74 Å². The molecule has 4 heteroatoms. The molecule has 0 aliphatic heterocycles. The lowest BCUT2D eigenvalue weighted by atomic mass is 9.64. The van der Waals surface area contributed by atoms with E-state index in [1.54, 1.807) is 13.2 Å². The number of methoxy groups -OCH3 is 1. The summed E-state index contributed by atoms with van der Waals surface area (Å²) in [5.41, 5.74) is 0.813. The van der Waals surface area contributed by atoms with Gasteiger partial charge < -0.3 is 20.3 Å². The average molecular weight is 251 g/mol. The van der Waals surface area contributed by atoms with E-state index in [0.29, 0.717) is 18.2 Å². The molecule has 1 aromatic rings. The van der Waals surface area contributed by atoms with Gasteiger partial charge >= 0.3 is 0 Å². The molecule has 18 heavy (non-hydrogen) atoms. The zero-order chi connectivity index (χ0) is 13.3. The number of hydrogen-bond acceptors (Lipinski definition) is 4. The van der Waals surface area contributed by atoms with Crippen LogP contribution in [-0.4, -0.2) is 29.5 Å². The predicted molar refractivity (Wildman–Crippen MR) is 69.6 cm³/mol. The van der Waals surface area contributed by atoms with Gasteiger partial charge in [-0.25, -0.2) is 0 Å². The normalized spacial score (nSPS) is 25.7. The summed E-state index contributed by atoms with van der Waals surface area (Å²) < 4.78 is 5.40. The van der Waals surface area contributed by atoms with Gasteiger partial charge in [0.05, 0.1) is 6.10 Å². The van der Waals surface area contributed by atoms with Crippen molar-refractivity contribution in [1.29, 1.82) is 0 Å². The van der Waals surface area contributed by atoms with Crippen LogP contribution in [0.25, 0.3) is 0 Å². The number of phenols is 2. The lowest BCUT2D eigenvalue weighted by Crippen LogP contribution is -2.60. The quantitative estimate of drug-likeness (QED) is 0.716. The maximum Gasteiger partial charge on any atom is 0.161 e. The van der Waals surface area contributed by atoms with Crippen molar-refractivity contribution in [2.75, 3.05) is 7.11 Å². The smallest absolute Gasteiger partial charge is 0.161 e. The highest BCUT2D eigenvalue weighted by molar-refractivity contribution is 5.44. The topological polar surface area (TPSA) is 61.7 Å². The van der Waals surface area contributed by atoms with Gasteiger partial charge in [-0.15, -0.1) is 0 Å². The highest BCUT2D eigenvalue weighted by atomic mass is 16.5. The Bertz CT molecular complexity index is 431. The maximum atomic E-state index is 9.71. The molecule has 0 heterocycles. The van der Waals surface area contributed by atoms with E-state index in [1.807, 2.05) is 6.07 Å². The zero-order valence-electron chi connectivity index (χ0n) is 11.1. The fourth-order valence-electron chi connectivity index (χ4n) is 2.59. The molecule has 0 spiro atoms. The number of nitrogens with one attached hydrogen (secondary N) is 1. The van der Waals surface area contributed by atoms with Crippen LogP contribution < -0.4 is 5.32 Å². The molecular weight excluding hydrogens is 230 g/mol. The van der Waals surface area contributed by atoms with Crippen LogP contribution in [0, 0.1) is 5.41 Å². The largest absolute Gasteiger partial charge is 0.504 e. The van der Waals surface area contributed by atoms with E-state index in [9.17, 15) is 10.2 Å². The second-order valence-corrected chi connectivity index (χ2v) is 5.50. The number of ether oxygens (including phenoxy) is 1. The number of phenolic OH excluding ortho intramolecular Hbond substituents is 2. The Hall–Kier alpha value is -1.26. The van der Waals surface area contributed by atoms with E-state index in [2.05, 4.69) is 19.2 Å². The Morgan fingerprint density at radius 1 is 1.39 bits per heavy atom. The van der Waals surface area contributed by atoms with E-state index in [0.717, 1.165) is 6.42 Å². The Morgan fingerprint density at radius 3 is 2.72 bits per heavy atom.